The van der Waals surface area contributed by atoms with Gasteiger partial charge in [-0.3, -0.25) is 4.79 Å². The van der Waals surface area contributed by atoms with Crippen LogP contribution in [0.15, 0.2) is 0 Å². The third kappa shape index (κ3) is 1.71. The van der Waals surface area contributed by atoms with E-state index in [1.54, 1.807) is 11.6 Å². The molecule has 0 aromatic carbocycles. The van der Waals surface area contributed by atoms with Crippen molar-refractivity contribution >= 4 is 5.97 Å². The van der Waals surface area contributed by atoms with Crippen LogP contribution >= 0.6 is 0 Å². The number of nitrogens with zero attached hydrogens (tertiary/aromatic N) is 4. The van der Waals surface area contributed by atoms with Crippen LogP contribution in [0, 0.1) is 12.3 Å². The lowest BCUT2D eigenvalue weighted by Crippen LogP contribution is -2.33. The minimum absolute atomic E-state index is 0.390. The molecule has 0 spiro atoms. The van der Waals surface area contributed by atoms with Gasteiger partial charge in [0.2, 0.25) is 0 Å². The van der Waals surface area contributed by atoms with E-state index in [1.165, 1.54) is 0 Å². The van der Waals surface area contributed by atoms with Crippen LogP contribution < -0.4 is 0 Å². The summed E-state index contributed by atoms with van der Waals surface area (Å²) in [6.45, 7) is 2.17. The van der Waals surface area contributed by atoms with E-state index in [1.807, 2.05) is 0 Å². The molecule has 6 nitrogen and oxygen atoms in total. The first-order valence-corrected chi connectivity index (χ1v) is 5.10. The Bertz CT molecular complexity index is 368. The summed E-state index contributed by atoms with van der Waals surface area (Å²) in [4.78, 5) is 11.3. The fraction of sp³-hybridized carbons (Fsp3) is 0.778. The monoisotopic (exact) mass is 210 g/mol. The fourth-order valence-corrected chi connectivity index (χ4v) is 2.17. The van der Waals surface area contributed by atoms with E-state index in [9.17, 15) is 9.90 Å². The number of carbonyl (C=O) groups is 1. The lowest BCUT2D eigenvalue weighted by atomic mass is 9.86. The highest BCUT2D eigenvalue weighted by molar-refractivity contribution is 5.74. The van der Waals surface area contributed by atoms with E-state index >= 15 is 0 Å². The van der Waals surface area contributed by atoms with E-state index < -0.39 is 11.4 Å². The van der Waals surface area contributed by atoms with E-state index in [0.717, 1.165) is 25.7 Å². The lowest BCUT2D eigenvalue weighted by molar-refractivity contribution is -0.149. The van der Waals surface area contributed by atoms with Crippen molar-refractivity contribution in [3.05, 3.63) is 5.82 Å². The second kappa shape index (κ2) is 3.60. The largest absolute Gasteiger partial charge is 0.481 e. The summed E-state index contributed by atoms with van der Waals surface area (Å²) in [5.41, 5.74) is -0.653. The van der Waals surface area contributed by atoms with Gasteiger partial charge in [0.05, 0.1) is 12.0 Å². The van der Waals surface area contributed by atoms with Gasteiger partial charge >= 0.3 is 5.97 Å². The van der Waals surface area contributed by atoms with Gasteiger partial charge in [0, 0.05) is 0 Å². The van der Waals surface area contributed by atoms with Gasteiger partial charge in [-0.15, -0.1) is 5.10 Å². The summed E-state index contributed by atoms with van der Waals surface area (Å²) in [6, 6.07) is 0. The molecule has 0 unspecified atom stereocenters. The Morgan fingerprint density at radius 2 is 2.20 bits per heavy atom. The van der Waals surface area contributed by atoms with E-state index in [-0.39, 0.29) is 0 Å². The third-order valence-electron chi connectivity index (χ3n) is 3.18. The minimum Gasteiger partial charge on any atom is -0.481 e. The molecule has 1 aromatic rings. The number of rotatable bonds is 3. The maximum Gasteiger partial charge on any atom is 0.311 e. The second-order valence-corrected chi connectivity index (χ2v) is 4.18. The molecule has 82 valence electrons. The highest BCUT2D eigenvalue weighted by Gasteiger charge is 2.42. The third-order valence-corrected chi connectivity index (χ3v) is 3.18. The van der Waals surface area contributed by atoms with Crippen molar-refractivity contribution in [2.24, 2.45) is 5.41 Å². The zero-order valence-electron chi connectivity index (χ0n) is 8.68. The number of hydrogen-bond donors (Lipinski definition) is 1. The number of aromatic nitrogens is 4. The van der Waals surface area contributed by atoms with Gasteiger partial charge in [-0.25, -0.2) is 4.68 Å². The Morgan fingerprint density at radius 3 is 2.67 bits per heavy atom. The molecule has 0 saturated heterocycles. The van der Waals surface area contributed by atoms with Crippen molar-refractivity contribution in [1.82, 2.24) is 20.2 Å². The number of tetrazole rings is 1. The molecule has 0 bridgehead atoms. The Morgan fingerprint density at radius 1 is 1.53 bits per heavy atom. The highest BCUT2D eigenvalue weighted by atomic mass is 16.4. The van der Waals surface area contributed by atoms with Crippen molar-refractivity contribution in [2.75, 3.05) is 0 Å². The SMILES string of the molecule is Cc1nnnn1CC1(C(=O)O)CCCC1. The molecule has 0 radical (unpaired) electrons. The quantitative estimate of drug-likeness (QED) is 0.791. The topological polar surface area (TPSA) is 80.9 Å². The molecule has 0 atom stereocenters. The summed E-state index contributed by atoms with van der Waals surface area (Å²) in [5, 5.41) is 20.4. The van der Waals surface area contributed by atoms with Crippen LogP contribution in [-0.4, -0.2) is 31.3 Å². The summed E-state index contributed by atoms with van der Waals surface area (Å²) in [5.74, 6) is -0.0579. The molecule has 1 saturated carbocycles. The molecule has 1 heterocycles. The zero-order valence-corrected chi connectivity index (χ0v) is 8.68. The number of carboxylic acid groups (broad SMARTS) is 1. The van der Waals surface area contributed by atoms with Crippen LogP contribution in [-0.2, 0) is 11.3 Å². The lowest BCUT2D eigenvalue weighted by Gasteiger charge is -2.23. The van der Waals surface area contributed by atoms with Crippen LogP contribution in [0.2, 0.25) is 0 Å². The predicted molar refractivity (Wildman–Crippen MR) is 51.1 cm³/mol. The molecular weight excluding hydrogens is 196 g/mol. The minimum atomic E-state index is -0.727. The Balaban J connectivity index is 2.21. The number of aliphatic carboxylic acids is 1. The molecule has 0 amide bonds. The van der Waals surface area contributed by atoms with Gasteiger partial charge in [0.25, 0.3) is 0 Å². The highest BCUT2D eigenvalue weighted by Crippen LogP contribution is 2.39. The molecule has 6 heteroatoms. The standard InChI is InChI=1S/C9H14N4O2/c1-7-10-11-12-13(7)6-9(8(14)15)4-2-3-5-9/h2-6H2,1H3,(H,14,15). The average Bonchev–Trinajstić information content (AvgIpc) is 2.78. The van der Waals surface area contributed by atoms with Gasteiger partial charge in [-0.05, 0) is 30.2 Å². The van der Waals surface area contributed by atoms with Crippen LogP contribution in [0.25, 0.3) is 0 Å². The van der Waals surface area contributed by atoms with Crippen molar-refractivity contribution in [2.45, 2.75) is 39.2 Å². The molecular formula is C9H14N4O2. The Kier molecular flexibility index (Phi) is 2.42. The zero-order chi connectivity index (χ0) is 10.9. The van der Waals surface area contributed by atoms with Crippen molar-refractivity contribution in [3.8, 4) is 0 Å². The summed E-state index contributed by atoms with van der Waals surface area (Å²) >= 11 is 0. The fourth-order valence-electron chi connectivity index (χ4n) is 2.17. The summed E-state index contributed by atoms with van der Waals surface area (Å²) in [7, 11) is 0. The van der Waals surface area contributed by atoms with Gasteiger partial charge < -0.3 is 5.11 Å². The van der Waals surface area contributed by atoms with Crippen molar-refractivity contribution in [1.29, 1.82) is 0 Å². The molecule has 15 heavy (non-hydrogen) atoms. The molecule has 1 aromatic heterocycles. The smallest absolute Gasteiger partial charge is 0.311 e. The first-order chi connectivity index (χ1) is 7.14. The second-order valence-electron chi connectivity index (χ2n) is 4.18. The summed E-state index contributed by atoms with van der Waals surface area (Å²) in [6.07, 6.45) is 3.41. The van der Waals surface area contributed by atoms with Crippen LogP contribution in [0.5, 0.6) is 0 Å². The Hall–Kier alpha value is -1.46. The molecule has 0 aliphatic heterocycles. The maximum atomic E-state index is 11.3. The van der Waals surface area contributed by atoms with Gasteiger partial charge in [0.1, 0.15) is 5.82 Å². The number of carboxylic acids is 1. The normalized spacial score (nSPS) is 19.3. The summed E-state index contributed by atoms with van der Waals surface area (Å²) < 4.78 is 1.58. The van der Waals surface area contributed by atoms with E-state index in [0.29, 0.717) is 12.4 Å². The number of aryl methyl sites for hydroxylation is 1. The first-order valence-electron chi connectivity index (χ1n) is 5.10. The van der Waals surface area contributed by atoms with E-state index in [2.05, 4.69) is 15.5 Å². The Labute approximate surface area is 87.3 Å². The van der Waals surface area contributed by atoms with Crippen molar-refractivity contribution in [3.63, 3.8) is 0 Å². The average molecular weight is 210 g/mol. The van der Waals surface area contributed by atoms with Crippen molar-refractivity contribution < 1.29 is 9.90 Å². The predicted octanol–water partition coefficient (Wildman–Crippen LogP) is 0.627. The molecule has 1 aliphatic rings. The maximum absolute atomic E-state index is 11.3. The van der Waals surface area contributed by atoms with Gasteiger partial charge in [0.15, 0.2) is 0 Å². The van der Waals surface area contributed by atoms with Crippen LogP contribution in [0.4, 0.5) is 0 Å². The molecule has 1 N–H and O–H groups in total. The van der Waals surface area contributed by atoms with Crippen LogP contribution in [0.3, 0.4) is 0 Å². The molecule has 1 fully saturated rings. The van der Waals surface area contributed by atoms with Gasteiger partial charge in [-0.2, -0.15) is 0 Å². The van der Waals surface area contributed by atoms with Gasteiger partial charge in [-0.1, -0.05) is 12.8 Å². The molecule has 2 rings (SSSR count). The molecule has 1 aliphatic carbocycles. The van der Waals surface area contributed by atoms with E-state index in [4.69, 9.17) is 0 Å². The first kappa shape index (κ1) is 10.1. The van der Waals surface area contributed by atoms with Crippen LogP contribution in [0.1, 0.15) is 31.5 Å². The number of hydrogen-bond acceptors (Lipinski definition) is 4.